The molecule has 0 saturated heterocycles. The summed E-state index contributed by atoms with van der Waals surface area (Å²) in [4.78, 5) is 12.0. The van der Waals surface area contributed by atoms with Gasteiger partial charge in [0.1, 0.15) is 21.3 Å². The molecule has 0 bridgehead atoms. The molecule has 0 unspecified atom stereocenters. The quantitative estimate of drug-likeness (QED) is 0.545. The molecule has 2 aromatic heterocycles. The lowest BCUT2D eigenvalue weighted by molar-refractivity contribution is -0.114. The number of rotatable bonds is 8. The predicted molar refractivity (Wildman–Crippen MR) is 116 cm³/mol. The van der Waals surface area contributed by atoms with Gasteiger partial charge in [0.25, 0.3) is 0 Å². The van der Waals surface area contributed by atoms with Gasteiger partial charge in [-0.3, -0.25) is 4.79 Å². The van der Waals surface area contributed by atoms with Crippen LogP contribution in [0.25, 0.3) is 12.2 Å². The van der Waals surface area contributed by atoms with E-state index in [1.54, 1.807) is 44.4 Å². The number of aromatic nitrogens is 1. The third-order valence-electron chi connectivity index (χ3n) is 4.10. The minimum Gasteiger partial charge on any atom is -0.496 e. The summed E-state index contributed by atoms with van der Waals surface area (Å²) in [5.74, 6) is 0.767. The van der Waals surface area contributed by atoms with E-state index in [1.807, 2.05) is 12.1 Å². The highest BCUT2D eigenvalue weighted by molar-refractivity contribution is 7.91. The van der Waals surface area contributed by atoms with Crippen LogP contribution in [0.15, 0.2) is 45.1 Å². The van der Waals surface area contributed by atoms with Crippen LogP contribution < -0.4 is 14.8 Å². The number of para-hydroxylation sites is 1. The van der Waals surface area contributed by atoms with E-state index in [0.717, 1.165) is 16.9 Å². The average Bonchev–Trinajstić information content (AvgIpc) is 3.33. The molecule has 10 heteroatoms. The van der Waals surface area contributed by atoms with E-state index < -0.39 is 10.0 Å². The van der Waals surface area contributed by atoms with Crippen molar-refractivity contribution in [2.24, 2.45) is 0 Å². The van der Waals surface area contributed by atoms with Crippen LogP contribution in [0, 0.1) is 6.92 Å². The first-order valence-electron chi connectivity index (χ1n) is 8.93. The second-order valence-electron chi connectivity index (χ2n) is 6.31. The van der Waals surface area contributed by atoms with Crippen molar-refractivity contribution in [3.05, 3.63) is 58.3 Å². The maximum atomic E-state index is 12.6. The van der Waals surface area contributed by atoms with E-state index in [-0.39, 0.29) is 16.7 Å². The second kappa shape index (κ2) is 9.24. The molecule has 2 heterocycles. The van der Waals surface area contributed by atoms with Crippen LogP contribution in [0.4, 0.5) is 5.69 Å². The topological polar surface area (TPSA) is 111 Å². The Morgan fingerprint density at radius 1 is 1.23 bits per heavy atom. The summed E-state index contributed by atoms with van der Waals surface area (Å²) >= 11 is 1.11. The molecule has 30 heavy (non-hydrogen) atoms. The fourth-order valence-corrected chi connectivity index (χ4v) is 4.93. The van der Waals surface area contributed by atoms with Gasteiger partial charge >= 0.3 is 0 Å². The number of methoxy groups -OCH3 is 1. The Kier molecular flexibility index (Phi) is 6.70. The molecule has 0 radical (unpaired) electrons. The summed E-state index contributed by atoms with van der Waals surface area (Å²) in [6, 6.07) is 10.5. The van der Waals surface area contributed by atoms with E-state index in [4.69, 9.17) is 9.26 Å². The average molecular weight is 448 g/mol. The molecule has 0 aliphatic rings. The van der Waals surface area contributed by atoms with Crippen molar-refractivity contribution in [3.8, 4) is 5.75 Å². The van der Waals surface area contributed by atoms with Gasteiger partial charge in [0.2, 0.25) is 15.9 Å². The van der Waals surface area contributed by atoms with Gasteiger partial charge in [-0.25, -0.2) is 13.1 Å². The van der Waals surface area contributed by atoms with Gasteiger partial charge in [-0.15, -0.1) is 11.3 Å². The normalized spacial score (nSPS) is 11.7. The van der Waals surface area contributed by atoms with Crippen LogP contribution in [0.5, 0.6) is 5.75 Å². The van der Waals surface area contributed by atoms with E-state index in [2.05, 4.69) is 15.2 Å². The molecule has 1 amide bonds. The zero-order valence-electron chi connectivity index (χ0n) is 16.6. The smallest absolute Gasteiger partial charge is 0.250 e. The van der Waals surface area contributed by atoms with Crippen molar-refractivity contribution < 1.29 is 22.5 Å². The first-order chi connectivity index (χ1) is 14.3. The van der Waals surface area contributed by atoms with Crippen molar-refractivity contribution in [1.82, 2.24) is 9.88 Å². The number of aryl methyl sites for hydroxylation is 1. The summed E-state index contributed by atoms with van der Waals surface area (Å²) in [5.41, 5.74) is 1.79. The van der Waals surface area contributed by atoms with Gasteiger partial charge in [0.15, 0.2) is 5.76 Å². The molecule has 2 N–H and O–H groups in total. The highest BCUT2D eigenvalue weighted by atomic mass is 32.2. The number of benzene rings is 1. The lowest BCUT2D eigenvalue weighted by atomic mass is 10.2. The van der Waals surface area contributed by atoms with Crippen LogP contribution >= 0.6 is 11.3 Å². The molecular formula is C20H21N3O5S2. The molecule has 3 aromatic rings. The fourth-order valence-electron chi connectivity index (χ4n) is 2.65. The van der Waals surface area contributed by atoms with Crippen LogP contribution in [-0.2, 0) is 21.4 Å². The zero-order chi connectivity index (χ0) is 21.7. The summed E-state index contributed by atoms with van der Waals surface area (Å²) in [5, 5.41) is 6.51. The molecule has 0 saturated carbocycles. The first kappa shape index (κ1) is 21.8. The van der Waals surface area contributed by atoms with E-state index in [0.29, 0.717) is 27.8 Å². The number of thiophene rings is 1. The molecule has 0 aliphatic heterocycles. The summed E-state index contributed by atoms with van der Waals surface area (Å²) in [6.07, 6.45) is 3.34. The largest absolute Gasteiger partial charge is 0.496 e. The second-order valence-corrected chi connectivity index (χ2v) is 9.42. The van der Waals surface area contributed by atoms with Crippen molar-refractivity contribution in [2.45, 2.75) is 24.6 Å². The van der Waals surface area contributed by atoms with E-state index >= 15 is 0 Å². The summed E-state index contributed by atoms with van der Waals surface area (Å²) < 4.78 is 38.5. The lowest BCUT2D eigenvalue weighted by Gasteiger charge is -2.09. The van der Waals surface area contributed by atoms with Crippen LogP contribution in [0.3, 0.4) is 0 Å². The number of carbonyl (C=O) groups is 1. The number of hydrogen-bond acceptors (Lipinski definition) is 7. The van der Waals surface area contributed by atoms with Crippen LogP contribution in [0.2, 0.25) is 0 Å². The van der Waals surface area contributed by atoms with Crippen molar-refractivity contribution >= 4 is 45.1 Å². The molecule has 8 nitrogen and oxygen atoms in total. The van der Waals surface area contributed by atoms with Gasteiger partial charge < -0.3 is 14.6 Å². The molecule has 158 valence electrons. The molecule has 3 rings (SSSR count). The highest BCUT2D eigenvalue weighted by Gasteiger charge is 2.17. The van der Waals surface area contributed by atoms with Gasteiger partial charge in [0.05, 0.1) is 7.11 Å². The van der Waals surface area contributed by atoms with Crippen molar-refractivity contribution in [3.63, 3.8) is 0 Å². The Bertz CT molecular complexity index is 1180. The number of carbonyl (C=O) groups excluding carboxylic acids is 1. The maximum Gasteiger partial charge on any atom is 0.250 e. The lowest BCUT2D eigenvalue weighted by Crippen LogP contribution is -2.22. The maximum absolute atomic E-state index is 12.6. The number of nitrogens with one attached hydrogen (secondary N) is 2. The first-order valence-corrected chi connectivity index (χ1v) is 11.2. The number of anilines is 1. The third kappa shape index (κ3) is 5.15. The predicted octanol–water partition coefficient (Wildman–Crippen LogP) is 3.66. The van der Waals surface area contributed by atoms with Crippen molar-refractivity contribution in [2.75, 3.05) is 12.4 Å². The SMILES string of the molecule is COc1ccccc1CNS(=O)(=O)c1ccc(/C=C/c2onc(C)c2NC(C)=O)s1. The summed E-state index contributed by atoms with van der Waals surface area (Å²) in [6.45, 7) is 3.23. The Balaban J connectivity index is 1.72. The molecule has 1 aromatic carbocycles. The number of nitrogens with zero attached hydrogens (tertiary/aromatic N) is 1. The van der Waals surface area contributed by atoms with Gasteiger partial charge in [-0.05, 0) is 37.3 Å². The Morgan fingerprint density at radius 3 is 2.73 bits per heavy atom. The van der Waals surface area contributed by atoms with Gasteiger partial charge in [0, 0.05) is 23.9 Å². The monoisotopic (exact) mass is 447 g/mol. The number of hydrogen-bond donors (Lipinski definition) is 2. The molecule has 0 aliphatic carbocycles. The molecular weight excluding hydrogens is 426 g/mol. The van der Waals surface area contributed by atoms with Crippen molar-refractivity contribution in [1.29, 1.82) is 0 Å². The zero-order valence-corrected chi connectivity index (χ0v) is 18.3. The van der Waals surface area contributed by atoms with Crippen LogP contribution in [0.1, 0.15) is 28.8 Å². The third-order valence-corrected chi connectivity index (χ3v) is 7.04. The highest BCUT2D eigenvalue weighted by Crippen LogP contribution is 2.27. The van der Waals surface area contributed by atoms with Crippen LogP contribution in [-0.4, -0.2) is 26.6 Å². The molecule has 0 spiro atoms. The minimum absolute atomic E-state index is 0.118. The number of sulfonamides is 1. The summed E-state index contributed by atoms with van der Waals surface area (Å²) in [7, 11) is -2.14. The minimum atomic E-state index is -3.68. The number of ether oxygens (including phenoxy) is 1. The van der Waals surface area contributed by atoms with Gasteiger partial charge in [-0.2, -0.15) is 0 Å². The number of amides is 1. The van der Waals surface area contributed by atoms with Gasteiger partial charge in [-0.1, -0.05) is 23.4 Å². The Labute approximate surface area is 178 Å². The molecule has 0 fully saturated rings. The Hall–Kier alpha value is -2.95. The standard InChI is InChI=1S/C20H21N3O5S2/c1-13-20(22-14(2)24)18(28-23-13)10-8-16-9-11-19(29-16)30(25,26)21-12-15-6-4-5-7-17(15)27-3/h4-11,21H,12H2,1-3H3,(H,22,24)/b10-8+. The van der Waals surface area contributed by atoms with E-state index in [9.17, 15) is 13.2 Å². The van der Waals surface area contributed by atoms with E-state index in [1.165, 1.54) is 13.0 Å². The molecule has 0 atom stereocenters. The fraction of sp³-hybridized carbons (Fsp3) is 0.200. The Morgan fingerprint density at radius 2 is 2.00 bits per heavy atom.